The second-order valence-electron chi connectivity index (χ2n) is 15.9. The number of hydrogen-bond acceptors (Lipinski definition) is 10. The lowest BCUT2D eigenvalue weighted by atomic mass is 10.0. The van der Waals surface area contributed by atoms with E-state index < -0.39 is 102 Å². The van der Waals surface area contributed by atoms with E-state index in [1.54, 1.807) is 37.6 Å². The first kappa shape index (κ1) is 42.4. The van der Waals surface area contributed by atoms with Crippen molar-refractivity contribution in [2.24, 2.45) is 5.92 Å². The van der Waals surface area contributed by atoms with Crippen molar-refractivity contribution in [3.63, 3.8) is 0 Å². The number of hydrogen-bond donors (Lipinski definition) is 4. The molecule has 4 aliphatic rings. The Bertz CT molecular complexity index is 2140. The number of alkyl carbamates (subject to hydrolysis) is 1. The summed E-state index contributed by atoms with van der Waals surface area (Å²) >= 11 is 5.80. The van der Waals surface area contributed by atoms with Gasteiger partial charge in [-0.1, -0.05) is 60.9 Å². The summed E-state index contributed by atoms with van der Waals surface area (Å²) < 4.78 is 54.8. The summed E-state index contributed by atoms with van der Waals surface area (Å²) in [4.78, 5) is 82.2. The van der Waals surface area contributed by atoms with Crippen LogP contribution in [0.2, 0.25) is 5.02 Å². The largest absolute Gasteiger partial charge is 0.478 e. The van der Waals surface area contributed by atoms with Gasteiger partial charge in [0.25, 0.3) is 15.9 Å². The van der Waals surface area contributed by atoms with Crippen LogP contribution in [0, 0.1) is 11.7 Å². The van der Waals surface area contributed by atoms with Crippen LogP contribution in [-0.4, -0.2) is 95.1 Å². The fraction of sp³-hybridized carbons (Fsp3) is 0.487. The van der Waals surface area contributed by atoms with E-state index in [0.29, 0.717) is 50.9 Å². The number of carbonyl (C=O) groups is 6. The summed E-state index contributed by atoms with van der Waals surface area (Å²) in [5, 5.41) is 14.2. The number of amides is 5. The molecule has 2 aromatic carbocycles. The quantitative estimate of drug-likeness (QED) is 0.299. The molecule has 58 heavy (non-hydrogen) atoms. The number of carbonyl (C=O) groups excluding carboxylic acids is 5. The molecule has 5 atom stereocenters. The predicted octanol–water partition coefficient (Wildman–Crippen LogP) is 4.39. The third kappa shape index (κ3) is 9.38. The summed E-state index contributed by atoms with van der Waals surface area (Å²) in [5.41, 5.74) is -1.60. The van der Waals surface area contributed by atoms with Crippen LogP contribution >= 0.6 is 11.6 Å². The molecule has 0 bridgehead atoms. The number of allylic oxidation sites excluding steroid dienone is 1. The first-order valence-electron chi connectivity index (χ1n) is 18.9. The highest BCUT2D eigenvalue weighted by molar-refractivity contribution is 7.90. The van der Waals surface area contributed by atoms with E-state index in [4.69, 9.17) is 21.1 Å². The van der Waals surface area contributed by atoms with E-state index in [1.165, 1.54) is 9.80 Å². The van der Waals surface area contributed by atoms with E-state index in [9.17, 15) is 46.7 Å². The van der Waals surface area contributed by atoms with Gasteiger partial charge in [0.2, 0.25) is 11.8 Å². The summed E-state index contributed by atoms with van der Waals surface area (Å²) in [6, 6.07) is 5.99. The van der Waals surface area contributed by atoms with Gasteiger partial charge < -0.3 is 30.1 Å². The number of ether oxygens (including phenoxy) is 2. The number of fused-ring (bicyclic) bond motifs is 3. The normalized spacial score (nSPS) is 24.9. The minimum absolute atomic E-state index is 0.0719. The Hall–Kier alpha value is -5.23. The molecular formula is C39H45ClFN5O11S. The van der Waals surface area contributed by atoms with Crippen LogP contribution in [-0.2, 0) is 47.0 Å². The molecule has 0 spiro atoms. The fourth-order valence-electron chi connectivity index (χ4n) is 7.46. The SMILES string of the molecule is CC(C)(C)OC(=O)NC1CCCCCC=CC2CC2(C(=O)NS(=O)(=O)c2cc(C(=O)O)c(Cl)cc2F)NC(=O)C2CC(OC(=O)N3Cc4ccccc4C3)CN2C1=O. The van der Waals surface area contributed by atoms with Crippen molar-refractivity contribution in [2.45, 2.75) is 113 Å². The maximum absolute atomic E-state index is 14.9. The van der Waals surface area contributed by atoms with Crippen LogP contribution in [0.5, 0.6) is 0 Å². The van der Waals surface area contributed by atoms with E-state index in [-0.39, 0.29) is 25.8 Å². The number of rotatable bonds is 6. The van der Waals surface area contributed by atoms with Gasteiger partial charge in [-0.15, -0.1) is 0 Å². The van der Waals surface area contributed by atoms with Crippen LogP contribution in [0.1, 0.15) is 87.2 Å². The highest BCUT2D eigenvalue weighted by Crippen LogP contribution is 2.46. The zero-order chi connectivity index (χ0) is 42.2. The van der Waals surface area contributed by atoms with E-state index in [2.05, 4.69) is 10.6 Å². The molecule has 19 heteroatoms. The average Bonchev–Trinajstić information content (AvgIpc) is 3.43. The Kier molecular flexibility index (Phi) is 12.1. The van der Waals surface area contributed by atoms with Crippen LogP contribution in [0.3, 0.4) is 0 Å². The number of nitrogens with zero attached hydrogens (tertiary/aromatic N) is 2. The van der Waals surface area contributed by atoms with Crippen molar-refractivity contribution in [2.75, 3.05) is 6.54 Å². The van der Waals surface area contributed by atoms with Gasteiger partial charge in [-0.25, -0.2) is 31.9 Å². The Labute approximate surface area is 339 Å². The number of carboxylic acid groups (broad SMARTS) is 1. The zero-order valence-electron chi connectivity index (χ0n) is 32.1. The van der Waals surface area contributed by atoms with E-state index >= 15 is 0 Å². The van der Waals surface area contributed by atoms with E-state index in [0.717, 1.165) is 11.1 Å². The molecule has 2 aromatic rings. The predicted molar refractivity (Wildman–Crippen MR) is 204 cm³/mol. The van der Waals surface area contributed by atoms with E-state index in [1.807, 2.05) is 24.3 Å². The second kappa shape index (κ2) is 16.6. The van der Waals surface area contributed by atoms with Gasteiger partial charge in [0.1, 0.15) is 40.0 Å². The molecule has 5 unspecified atom stereocenters. The molecule has 1 saturated heterocycles. The van der Waals surface area contributed by atoms with Crippen LogP contribution in [0.4, 0.5) is 14.0 Å². The van der Waals surface area contributed by atoms with Crippen molar-refractivity contribution in [1.82, 2.24) is 25.2 Å². The highest BCUT2D eigenvalue weighted by Gasteiger charge is 2.62. The van der Waals surface area contributed by atoms with Gasteiger partial charge in [0.05, 0.1) is 17.1 Å². The maximum atomic E-state index is 14.9. The lowest BCUT2D eigenvalue weighted by Crippen LogP contribution is -2.58. The van der Waals surface area contributed by atoms with Gasteiger partial charge in [0, 0.05) is 25.4 Å². The van der Waals surface area contributed by atoms with Crippen molar-refractivity contribution >= 4 is 57.5 Å². The van der Waals surface area contributed by atoms with Crippen molar-refractivity contribution in [3.05, 3.63) is 76.1 Å². The minimum Gasteiger partial charge on any atom is -0.478 e. The smallest absolute Gasteiger partial charge is 0.410 e. The Morgan fingerprint density at radius 2 is 1.74 bits per heavy atom. The first-order valence-corrected chi connectivity index (χ1v) is 20.7. The number of carboxylic acids is 1. The number of halogens is 2. The Balaban J connectivity index is 1.28. The standard InChI is InChI=1S/C39H45ClFN5O11S/c1-38(2,3)57-36(52)42-29-14-8-6-4-5-7-13-24-18-39(24,35(51)44-58(54,55)31-16-26(34(49)50)27(40)17-28(31)41)43-32(47)30-15-25(21-46(30)33(29)48)56-37(53)45-19-22-11-9-10-12-23(22)20-45/h7,9-13,16-17,24-25,29-30H,4-6,8,14-15,18-21H2,1-3H3,(H,42,52)(H,43,47)(H,44,51)(H,49,50). The lowest BCUT2D eigenvalue weighted by molar-refractivity contribution is -0.141. The number of nitrogens with one attached hydrogen (secondary N) is 3. The number of benzene rings is 2. The van der Waals surface area contributed by atoms with Gasteiger partial charge in [0.15, 0.2) is 0 Å². The Morgan fingerprint density at radius 1 is 1.05 bits per heavy atom. The molecule has 1 saturated carbocycles. The molecule has 3 heterocycles. The van der Waals surface area contributed by atoms with Crippen LogP contribution in [0.15, 0.2) is 53.4 Å². The first-order chi connectivity index (χ1) is 27.3. The van der Waals surface area contributed by atoms with Crippen LogP contribution < -0.4 is 15.4 Å². The molecule has 5 amide bonds. The van der Waals surface area contributed by atoms with Crippen LogP contribution in [0.25, 0.3) is 0 Å². The molecule has 4 N–H and O–H groups in total. The summed E-state index contributed by atoms with van der Waals surface area (Å²) in [7, 11) is -5.07. The lowest BCUT2D eigenvalue weighted by Gasteiger charge is -2.30. The molecule has 16 nitrogen and oxygen atoms in total. The summed E-state index contributed by atoms with van der Waals surface area (Å²) in [6.07, 6.45) is 3.20. The highest BCUT2D eigenvalue weighted by atomic mass is 35.5. The number of sulfonamides is 1. The molecule has 0 radical (unpaired) electrons. The third-order valence-corrected chi connectivity index (χ3v) is 12.1. The zero-order valence-corrected chi connectivity index (χ0v) is 33.7. The molecule has 312 valence electrons. The molecule has 0 aromatic heterocycles. The fourth-order valence-corrected chi connectivity index (χ4v) is 8.82. The van der Waals surface area contributed by atoms with Crippen molar-refractivity contribution in [1.29, 1.82) is 0 Å². The molecule has 3 aliphatic heterocycles. The van der Waals surface area contributed by atoms with Gasteiger partial charge in [-0.05, 0) is 69.7 Å². The van der Waals surface area contributed by atoms with Crippen molar-refractivity contribution in [3.8, 4) is 0 Å². The van der Waals surface area contributed by atoms with Gasteiger partial charge in [-0.2, -0.15) is 0 Å². The Morgan fingerprint density at radius 3 is 2.40 bits per heavy atom. The third-order valence-electron chi connectivity index (χ3n) is 10.5. The summed E-state index contributed by atoms with van der Waals surface area (Å²) in [5.74, 6) is -6.55. The van der Waals surface area contributed by atoms with Crippen molar-refractivity contribution < 1.29 is 56.2 Å². The van der Waals surface area contributed by atoms with Gasteiger partial charge >= 0.3 is 18.2 Å². The monoisotopic (exact) mass is 845 g/mol. The minimum atomic E-state index is -5.07. The maximum Gasteiger partial charge on any atom is 0.410 e. The topological polar surface area (TPSA) is 218 Å². The second-order valence-corrected chi connectivity index (χ2v) is 18.0. The average molecular weight is 846 g/mol. The van der Waals surface area contributed by atoms with Gasteiger partial charge in [-0.3, -0.25) is 19.3 Å². The molecular weight excluding hydrogens is 801 g/mol. The molecule has 2 fully saturated rings. The molecule has 1 aliphatic carbocycles. The number of aromatic carboxylic acids is 1. The molecule has 6 rings (SSSR count). The summed E-state index contributed by atoms with van der Waals surface area (Å²) in [6.45, 7) is 5.34.